The summed E-state index contributed by atoms with van der Waals surface area (Å²) in [6.07, 6.45) is -5.03. The van der Waals surface area contributed by atoms with Crippen molar-refractivity contribution in [2.45, 2.75) is 13.3 Å². The Hall–Kier alpha value is -1.66. The minimum Gasteiger partial charge on any atom is -0.461 e. The molecule has 0 radical (unpaired) electrons. The summed E-state index contributed by atoms with van der Waals surface area (Å²) < 4.78 is 44.1. The van der Waals surface area contributed by atoms with Gasteiger partial charge in [-0.25, -0.2) is 9.78 Å². The molecule has 1 aromatic rings. The van der Waals surface area contributed by atoms with Crippen LogP contribution in [0.4, 0.5) is 18.9 Å². The maximum Gasteiger partial charge on any atom is 0.573 e. The number of alkyl halides is 3. The lowest BCUT2D eigenvalue weighted by Crippen LogP contribution is -2.19. The lowest BCUT2D eigenvalue weighted by atomic mass is 10.3. The molecule has 0 atom stereocenters. The van der Waals surface area contributed by atoms with E-state index in [0.29, 0.717) is 6.07 Å². The Morgan fingerprint density at radius 3 is 2.60 bits per heavy atom. The van der Waals surface area contributed by atoms with Gasteiger partial charge in [-0.05, 0) is 29.5 Å². The molecule has 0 fully saturated rings. The minimum atomic E-state index is -5.03. The van der Waals surface area contributed by atoms with Crippen LogP contribution in [0.15, 0.2) is 6.07 Å². The van der Waals surface area contributed by atoms with Crippen molar-refractivity contribution in [3.8, 4) is 5.75 Å². The zero-order valence-electron chi connectivity index (χ0n) is 9.73. The Morgan fingerprint density at radius 1 is 1.55 bits per heavy atom. The predicted octanol–water partition coefficient (Wildman–Crippen LogP) is 2.67. The summed E-state index contributed by atoms with van der Waals surface area (Å²) >= 11 is 1.36. The van der Waals surface area contributed by atoms with E-state index in [1.165, 1.54) is 29.5 Å². The second-order valence-electron chi connectivity index (χ2n) is 3.17. The lowest BCUT2D eigenvalue weighted by Gasteiger charge is -2.11. The second-order valence-corrected chi connectivity index (χ2v) is 4.19. The highest BCUT2D eigenvalue weighted by Crippen LogP contribution is 2.31. The van der Waals surface area contributed by atoms with Crippen molar-refractivity contribution >= 4 is 34.2 Å². The van der Waals surface area contributed by atoms with Crippen molar-refractivity contribution in [1.82, 2.24) is 4.98 Å². The van der Waals surface area contributed by atoms with Crippen LogP contribution in [0.2, 0.25) is 0 Å². The molecule has 1 aromatic heterocycles. The van der Waals surface area contributed by atoms with Gasteiger partial charge in [-0.15, -0.1) is 13.2 Å². The van der Waals surface area contributed by atoms with Crippen LogP contribution < -0.4 is 4.74 Å². The maximum atomic E-state index is 12.1. The molecular weight excluding hydrogens is 400 g/mol. The lowest BCUT2D eigenvalue weighted by molar-refractivity contribution is -0.385. The number of halogens is 4. The number of nitro groups is 1. The highest BCUT2D eigenvalue weighted by atomic mass is 127. The number of nitrogens with zero attached hydrogens (tertiary/aromatic N) is 2. The minimum absolute atomic E-state index is 0.0605. The standard InChI is InChI=1S/C9H6F3IN2O5/c1-2-19-8(16)6-4(15(17)18)3-5(7(13)14-6)20-9(10,11)12/h3H,2H2,1H3. The summed E-state index contributed by atoms with van der Waals surface area (Å²) in [5.41, 5.74) is -1.61. The molecule has 20 heavy (non-hydrogen) atoms. The van der Waals surface area contributed by atoms with Gasteiger partial charge in [0.1, 0.15) is 3.70 Å². The Kier molecular flexibility index (Phi) is 5.08. The van der Waals surface area contributed by atoms with Gasteiger partial charge >= 0.3 is 18.0 Å². The number of ether oxygens (including phenoxy) is 2. The van der Waals surface area contributed by atoms with Crippen molar-refractivity contribution in [1.29, 1.82) is 0 Å². The number of aromatic nitrogens is 1. The van der Waals surface area contributed by atoms with E-state index in [0.717, 1.165) is 0 Å². The van der Waals surface area contributed by atoms with Crippen molar-refractivity contribution in [3.63, 3.8) is 0 Å². The summed E-state index contributed by atoms with van der Waals surface area (Å²) in [5.74, 6) is -1.96. The molecular formula is C9H6F3IN2O5. The number of pyridine rings is 1. The molecule has 7 nitrogen and oxygen atoms in total. The molecule has 0 saturated heterocycles. The molecule has 0 aliphatic rings. The third-order valence-electron chi connectivity index (χ3n) is 1.81. The molecule has 1 rings (SSSR count). The summed E-state index contributed by atoms with van der Waals surface area (Å²) in [6.45, 7) is 1.41. The van der Waals surface area contributed by atoms with Gasteiger partial charge in [-0.2, -0.15) is 0 Å². The molecule has 0 spiro atoms. The van der Waals surface area contributed by atoms with Gasteiger partial charge in [0.15, 0.2) is 5.75 Å². The summed E-state index contributed by atoms with van der Waals surface area (Å²) in [6, 6.07) is 0.481. The molecule has 0 aromatic carbocycles. The Bertz CT molecular complexity index is 549. The molecule has 0 bridgehead atoms. The van der Waals surface area contributed by atoms with E-state index in [1.807, 2.05) is 0 Å². The third kappa shape index (κ3) is 4.18. The Labute approximate surface area is 123 Å². The van der Waals surface area contributed by atoms with Gasteiger partial charge in [0, 0.05) is 0 Å². The number of esters is 1. The second kappa shape index (κ2) is 6.19. The third-order valence-corrected chi connectivity index (χ3v) is 2.59. The van der Waals surface area contributed by atoms with Gasteiger partial charge < -0.3 is 9.47 Å². The summed E-state index contributed by atoms with van der Waals surface area (Å²) in [7, 11) is 0. The number of carbonyl (C=O) groups is 1. The van der Waals surface area contributed by atoms with Crippen LogP contribution in [-0.2, 0) is 4.74 Å². The van der Waals surface area contributed by atoms with E-state index in [4.69, 9.17) is 0 Å². The van der Waals surface area contributed by atoms with Crippen LogP contribution in [-0.4, -0.2) is 28.8 Å². The average molecular weight is 406 g/mol. The van der Waals surface area contributed by atoms with Crippen molar-refractivity contribution in [2.24, 2.45) is 0 Å². The van der Waals surface area contributed by atoms with E-state index in [2.05, 4.69) is 14.5 Å². The van der Waals surface area contributed by atoms with Crippen molar-refractivity contribution < 1.29 is 32.4 Å². The molecule has 0 aliphatic heterocycles. The van der Waals surface area contributed by atoms with Crippen LogP contribution in [0.25, 0.3) is 0 Å². The van der Waals surface area contributed by atoms with Crippen LogP contribution in [0.5, 0.6) is 5.75 Å². The fourth-order valence-corrected chi connectivity index (χ4v) is 1.65. The zero-order chi connectivity index (χ0) is 15.5. The fraction of sp³-hybridized carbons (Fsp3) is 0.333. The van der Waals surface area contributed by atoms with Crippen LogP contribution >= 0.6 is 22.6 Å². The van der Waals surface area contributed by atoms with E-state index in [1.54, 1.807) is 0 Å². The normalized spacial score (nSPS) is 11.1. The first-order valence-electron chi connectivity index (χ1n) is 4.93. The molecule has 0 N–H and O–H groups in total. The van der Waals surface area contributed by atoms with Crippen molar-refractivity contribution in [2.75, 3.05) is 6.61 Å². The highest BCUT2D eigenvalue weighted by molar-refractivity contribution is 14.1. The monoisotopic (exact) mass is 406 g/mol. The Morgan fingerprint density at radius 2 is 2.15 bits per heavy atom. The molecule has 110 valence electrons. The van der Waals surface area contributed by atoms with E-state index >= 15 is 0 Å². The Balaban J connectivity index is 3.32. The topological polar surface area (TPSA) is 91.6 Å². The quantitative estimate of drug-likeness (QED) is 0.251. The van der Waals surface area contributed by atoms with Gasteiger partial charge in [-0.3, -0.25) is 10.1 Å². The van der Waals surface area contributed by atoms with Gasteiger partial charge in [-0.1, -0.05) is 0 Å². The number of hydrogen-bond acceptors (Lipinski definition) is 6. The number of carbonyl (C=O) groups excluding carboxylic acids is 1. The SMILES string of the molecule is CCOC(=O)c1nc(I)c(OC(F)(F)F)cc1[N+](=O)[O-]. The summed E-state index contributed by atoms with van der Waals surface area (Å²) in [4.78, 5) is 24.6. The molecule has 0 aliphatic carbocycles. The average Bonchev–Trinajstić information content (AvgIpc) is 2.29. The van der Waals surface area contributed by atoms with Gasteiger partial charge in [0.25, 0.3) is 0 Å². The van der Waals surface area contributed by atoms with Gasteiger partial charge in [0.2, 0.25) is 5.69 Å². The van der Waals surface area contributed by atoms with E-state index in [-0.39, 0.29) is 10.3 Å². The van der Waals surface area contributed by atoms with Crippen LogP contribution in [0, 0.1) is 13.8 Å². The first-order valence-corrected chi connectivity index (χ1v) is 6.01. The van der Waals surface area contributed by atoms with E-state index < -0.39 is 34.4 Å². The fourth-order valence-electron chi connectivity index (χ4n) is 1.15. The molecule has 0 amide bonds. The number of rotatable bonds is 4. The first-order chi connectivity index (χ1) is 9.15. The molecule has 0 saturated carbocycles. The smallest absolute Gasteiger partial charge is 0.461 e. The highest BCUT2D eigenvalue weighted by Gasteiger charge is 2.35. The maximum absolute atomic E-state index is 12.1. The molecule has 0 unspecified atom stereocenters. The number of hydrogen-bond donors (Lipinski definition) is 0. The first kappa shape index (κ1) is 16.4. The predicted molar refractivity (Wildman–Crippen MR) is 66.2 cm³/mol. The summed E-state index contributed by atoms with van der Waals surface area (Å²) in [5, 5.41) is 10.8. The van der Waals surface area contributed by atoms with Crippen LogP contribution in [0.3, 0.4) is 0 Å². The molecule has 11 heteroatoms. The van der Waals surface area contributed by atoms with E-state index in [9.17, 15) is 28.1 Å². The van der Waals surface area contributed by atoms with Gasteiger partial charge in [0.05, 0.1) is 17.6 Å². The molecule has 1 heterocycles. The largest absolute Gasteiger partial charge is 0.573 e. The van der Waals surface area contributed by atoms with Crippen molar-refractivity contribution in [3.05, 3.63) is 25.6 Å². The zero-order valence-corrected chi connectivity index (χ0v) is 11.9. The van der Waals surface area contributed by atoms with Crippen LogP contribution in [0.1, 0.15) is 17.4 Å².